The Balaban J connectivity index is 1.85. The van der Waals surface area contributed by atoms with Crippen LogP contribution < -0.4 is 4.74 Å². The topological polar surface area (TPSA) is 68.1 Å². The number of aliphatic hydroxyl groups excluding tert-OH is 1. The molecule has 0 saturated carbocycles. The van der Waals surface area contributed by atoms with E-state index in [9.17, 15) is 4.79 Å². The van der Waals surface area contributed by atoms with Gasteiger partial charge in [-0.25, -0.2) is 0 Å². The first kappa shape index (κ1) is 20.1. The molecule has 0 fully saturated rings. The van der Waals surface area contributed by atoms with Crippen molar-refractivity contribution in [3.63, 3.8) is 0 Å². The highest BCUT2D eigenvalue weighted by Gasteiger charge is 2.38. The zero-order valence-corrected chi connectivity index (χ0v) is 16.3. The van der Waals surface area contributed by atoms with E-state index in [1.165, 1.54) is 0 Å². The molecule has 1 N–H and O–H groups in total. The van der Waals surface area contributed by atoms with Gasteiger partial charge in [0.2, 0.25) is 0 Å². The monoisotopic (exact) mass is 381 g/mol. The van der Waals surface area contributed by atoms with E-state index >= 15 is 0 Å². The molecule has 5 heteroatoms. The molecule has 1 aliphatic heterocycles. The molecule has 28 heavy (non-hydrogen) atoms. The Morgan fingerprint density at radius 1 is 1.14 bits per heavy atom. The maximum atomic E-state index is 12.0. The summed E-state index contributed by atoms with van der Waals surface area (Å²) in [4.78, 5) is 16.7. The van der Waals surface area contributed by atoms with Crippen LogP contribution in [-0.4, -0.2) is 37.1 Å². The summed E-state index contributed by atoms with van der Waals surface area (Å²) in [5, 5.41) is 8.87. The average Bonchev–Trinajstić information content (AvgIpc) is 3.10. The van der Waals surface area contributed by atoms with Gasteiger partial charge in [0.15, 0.2) is 0 Å². The van der Waals surface area contributed by atoms with E-state index in [0.29, 0.717) is 26.1 Å². The lowest BCUT2D eigenvalue weighted by molar-refractivity contribution is -0.143. The number of unbranched alkanes of at least 4 members (excludes halogenated alkanes) is 1. The third-order valence-electron chi connectivity index (χ3n) is 5.01. The van der Waals surface area contributed by atoms with Gasteiger partial charge in [0.25, 0.3) is 0 Å². The number of carbonyl (C=O) groups is 1. The summed E-state index contributed by atoms with van der Waals surface area (Å²) in [5.41, 5.74) is 2.61. The fraction of sp³-hybridized carbons (Fsp3) is 0.391. The van der Waals surface area contributed by atoms with Gasteiger partial charge in [-0.3, -0.25) is 9.79 Å². The number of carbonyl (C=O) groups excluding carboxylic acids is 1. The molecule has 5 nitrogen and oxygen atoms in total. The van der Waals surface area contributed by atoms with Crippen LogP contribution in [-0.2, 0) is 14.9 Å². The third-order valence-corrected chi connectivity index (χ3v) is 5.01. The van der Waals surface area contributed by atoms with Crippen LogP contribution in [0, 0.1) is 0 Å². The van der Waals surface area contributed by atoms with Crippen LogP contribution in [0.3, 0.4) is 0 Å². The molecule has 3 rings (SSSR count). The molecule has 0 spiro atoms. The highest BCUT2D eigenvalue weighted by Crippen LogP contribution is 2.46. The minimum absolute atomic E-state index is 0.178. The predicted molar refractivity (Wildman–Crippen MR) is 109 cm³/mol. The van der Waals surface area contributed by atoms with E-state index < -0.39 is 5.41 Å². The zero-order chi connectivity index (χ0) is 19.8. The molecule has 1 unspecified atom stereocenters. The van der Waals surface area contributed by atoms with Crippen molar-refractivity contribution in [3.8, 4) is 5.75 Å². The first-order valence-corrected chi connectivity index (χ1v) is 9.84. The van der Waals surface area contributed by atoms with E-state index in [0.717, 1.165) is 35.4 Å². The largest absolute Gasteiger partial charge is 0.494 e. The van der Waals surface area contributed by atoms with Crippen molar-refractivity contribution in [1.82, 2.24) is 0 Å². The van der Waals surface area contributed by atoms with E-state index in [1.807, 2.05) is 49.5 Å². The van der Waals surface area contributed by atoms with Crippen molar-refractivity contribution in [2.45, 2.75) is 38.0 Å². The fourth-order valence-corrected chi connectivity index (χ4v) is 3.58. The third kappa shape index (κ3) is 4.42. The molecule has 0 aromatic heterocycles. The summed E-state index contributed by atoms with van der Waals surface area (Å²) < 4.78 is 10.9. The van der Waals surface area contributed by atoms with Crippen LogP contribution in [0.15, 0.2) is 53.5 Å². The Morgan fingerprint density at radius 3 is 2.71 bits per heavy atom. The lowest BCUT2D eigenvalue weighted by atomic mass is 9.73. The lowest BCUT2D eigenvalue weighted by Gasteiger charge is -2.28. The zero-order valence-electron chi connectivity index (χ0n) is 16.3. The number of ether oxygens (including phenoxy) is 2. The van der Waals surface area contributed by atoms with Crippen LogP contribution in [0.1, 0.15) is 43.7 Å². The summed E-state index contributed by atoms with van der Waals surface area (Å²) in [6.07, 6.45) is 4.41. The Morgan fingerprint density at radius 2 is 1.96 bits per heavy atom. The second kappa shape index (κ2) is 9.51. The summed E-state index contributed by atoms with van der Waals surface area (Å²) in [5.74, 6) is 0.576. The van der Waals surface area contributed by atoms with Crippen molar-refractivity contribution >= 4 is 17.9 Å². The molecule has 0 radical (unpaired) electrons. The van der Waals surface area contributed by atoms with Gasteiger partial charge in [-0.05, 0) is 43.4 Å². The summed E-state index contributed by atoms with van der Waals surface area (Å²) >= 11 is 0. The molecular formula is C23H27NO4. The standard InChI is InChI=1S/C23H27NO4/c1-2-27-22(26)12-13-23(18-8-4-3-5-9-18)17-24-21-16-19(10-11-20(21)23)28-15-7-6-14-25/h3-5,8-11,16-17,25H,2,6-7,12-15H2,1H3. The van der Waals surface area contributed by atoms with E-state index in [-0.39, 0.29) is 12.6 Å². The Bertz CT molecular complexity index is 819. The van der Waals surface area contributed by atoms with Crippen molar-refractivity contribution in [2.75, 3.05) is 19.8 Å². The number of rotatable bonds is 10. The van der Waals surface area contributed by atoms with Crippen molar-refractivity contribution in [3.05, 3.63) is 59.7 Å². The maximum Gasteiger partial charge on any atom is 0.305 e. The van der Waals surface area contributed by atoms with E-state index in [4.69, 9.17) is 14.6 Å². The Kier molecular flexibility index (Phi) is 6.82. The number of fused-ring (bicyclic) bond motifs is 1. The van der Waals surface area contributed by atoms with Crippen LogP contribution in [0.4, 0.5) is 5.69 Å². The van der Waals surface area contributed by atoms with Gasteiger partial charge >= 0.3 is 5.97 Å². The number of hydrogen-bond acceptors (Lipinski definition) is 5. The number of aliphatic hydroxyl groups is 1. The molecule has 0 saturated heterocycles. The predicted octanol–water partition coefficient (Wildman–Crippen LogP) is 4.18. The summed E-state index contributed by atoms with van der Waals surface area (Å²) in [7, 11) is 0. The van der Waals surface area contributed by atoms with Gasteiger partial charge in [-0.2, -0.15) is 0 Å². The van der Waals surface area contributed by atoms with Crippen LogP contribution in [0.5, 0.6) is 5.75 Å². The molecule has 1 aliphatic rings. The van der Waals surface area contributed by atoms with Crippen LogP contribution >= 0.6 is 0 Å². The first-order valence-electron chi connectivity index (χ1n) is 9.84. The first-order chi connectivity index (χ1) is 13.7. The van der Waals surface area contributed by atoms with Crippen molar-refractivity contribution < 1.29 is 19.4 Å². The van der Waals surface area contributed by atoms with E-state index in [1.54, 1.807) is 0 Å². The molecule has 2 aromatic carbocycles. The fourth-order valence-electron chi connectivity index (χ4n) is 3.58. The molecule has 2 aromatic rings. The molecule has 1 atom stereocenters. The van der Waals surface area contributed by atoms with E-state index in [2.05, 4.69) is 17.1 Å². The summed E-state index contributed by atoms with van der Waals surface area (Å²) in [6, 6.07) is 16.1. The highest BCUT2D eigenvalue weighted by atomic mass is 16.5. The number of esters is 1. The SMILES string of the molecule is CCOC(=O)CCC1(c2ccccc2)C=Nc2cc(OCCCCO)ccc21. The minimum atomic E-state index is -0.446. The number of benzene rings is 2. The van der Waals surface area contributed by atoms with Gasteiger partial charge in [0.05, 0.1) is 24.3 Å². The molecule has 0 amide bonds. The lowest BCUT2D eigenvalue weighted by Crippen LogP contribution is -2.28. The van der Waals surface area contributed by atoms with Gasteiger partial charge in [0.1, 0.15) is 5.75 Å². The molecule has 148 valence electrons. The Hall–Kier alpha value is -2.66. The van der Waals surface area contributed by atoms with Gasteiger partial charge in [0, 0.05) is 25.3 Å². The molecular weight excluding hydrogens is 354 g/mol. The van der Waals surface area contributed by atoms with Gasteiger partial charge in [-0.1, -0.05) is 36.4 Å². The molecule has 1 heterocycles. The van der Waals surface area contributed by atoms with Crippen molar-refractivity contribution in [1.29, 1.82) is 0 Å². The molecule has 0 bridgehead atoms. The minimum Gasteiger partial charge on any atom is -0.494 e. The molecule has 0 aliphatic carbocycles. The number of nitrogens with zero attached hydrogens (tertiary/aromatic N) is 1. The average molecular weight is 381 g/mol. The summed E-state index contributed by atoms with van der Waals surface area (Å²) in [6.45, 7) is 2.95. The van der Waals surface area contributed by atoms with Crippen LogP contribution in [0.25, 0.3) is 0 Å². The van der Waals surface area contributed by atoms with Crippen molar-refractivity contribution in [2.24, 2.45) is 4.99 Å². The van der Waals surface area contributed by atoms with Crippen LogP contribution in [0.2, 0.25) is 0 Å². The number of hydrogen-bond donors (Lipinski definition) is 1. The second-order valence-electron chi connectivity index (χ2n) is 6.86. The smallest absolute Gasteiger partial charge is 0.305 e. The van der Waals surface area contributed by atoms with Gasteiger partial charge < -0.3 is 14.6 Å². The Labute approximate surface area is 166 Å². The van der Waals surface area contributed by atoms with Gasteiger partial charge in [-0.15, -0.1) is 0 Å². The quantitative estimate of drug-likeness (QED) is 0.495. The second-order valence-corrected chi connectivity index (χ2v) is 6.86. The normalized spacial score (nSPS) is 17.4. The highest BCUT2D eigenvalue weighted by molar-refractivity contribution is 5.90. The maximum absolute atomic E-state index is 12.0. The number of aliphatic imine (C=N–C) groups is 1.